The predicted molar refractivity (Wildman–Crippen MR) is 65.5 cm³/mol. The van der Waals surface area contributed by atoms with Crippen LogP contribution >= 0.6 is 0 Å². The lowest BCUT2D eigenvalue weighted by molar-refractivity contribution is 0.102. The molecule has 0 bridgehead atoms. The molecule has 0 aliphatic heterocycles. The van der Waals surface area contributed by atoms with E-state index >= 15 is 0 Å². The van der Waals surface area contributed by atoms with Gasteiger partial charge in [-0.1, -0.05) is 6.07 Å². The fraction of sp³-hybridized carbons (Fsp3) is 0.0714. The molecule has 92 valence electrons. The van der Waals surface area contributed by atoms with E-state index < -0.39 is 11.7 Å². The minimum absolute atomic E-state index is 0.317. The van der Waals surface area contributed by atoms with Crippen LogP contribution in [-0.4, -0.2) is 5.91 Å². The zero-order valence-electron chi connectivity index (χ0n) is 9.71. The Morgan fingerprint density at radius 1 is 1.06 bits per heavy atom. The molecule has 0 aromatic heterocycles. The number of nitrogens with one attached hydrogen (secondary N) is 1. The Balaban J connectivity index is 2.16. The third-order valence-electron chi connectivity index (χ3n) is 2.54. The fourth-order valence-electron chi connectivity index (χ4n) is 1.48. The van der Waals surface area contributed by atoms with Crippen LogP contribution in [0.1, 0.15) is 15.9 Å². The quantitative estimate of drug-likeness (QED) is 0.864. The number of anilines is 1. The van der Waals surface area contributed by atoms with Crippen LogP contribution in [0, 0.1) is 18.6 Å². The normalized spacial score (nSPS) is 10.2. The van der Waals surface area contributed by atoms with Gasteiger partial charge >= 0.3 is 0 Å². The third-order valence-corrected chi connectivity index (χ3v) is 2.54. The summed E-state index contributed by atoms with van der Waals surface area (Å²) in [5, 5.41) is 2.54. The van der Waals surface area contributed by atoms with Gasteiger partial charge in [0.15, 0.2) is 0 Å². The van der Waals surface area contributed by atoms with Crippen LogP contribution in [0.3, 0.4) is 0 Å². The summed E-state index contributed by atoms with van der Waals surface area (Å²) in [5.41, 5.74) is 1.19. The summed E-state index contributed by atoms with van der Waals surface area (Å²) in [6, 6.07) is 9.58. The Morgan fingerprint density at radius 3 is 2.33 bits per heavy atom. The van der Waals surface area contributed by atoms with Gasteiger partial charge in [-0.25, -0.2) is 8.78 Å². The van der Waals surface area contributed by atoms with E-state index in [0.29, 0.717) is 16.8 Å². The van der Waals surface area contributed by atoms with Crippen molar-refractivity contribution < 1.29 is 13.6 Å². The van der Waals surface area contributed by atoms with E-state index in [1.54, 1.807) is 19.1 Å². The number of hydrogen-bond donors (Lipinski definition) is 1. The maximum absolute atomic E-state index is 13.3. The van der Waals surface area contributed by atoms with Gasteiger partial charge in [-0.2, -0.15) is 0 Å². The van der Waals surface area contributed by atoms with Crippen LogP contribution in [0.15, 0.2) is 42.5 Å². The lowest BCUT2D eigenvalue weighted by Gasteiger charge is -2.06. The second-order valence-electron chi connectivity index (χ2n) is 3.92. The first kappa shape index (κ1) is 12.2. The third kappa shape index (κ3) is 2.71. The molecule has 0 atom stereocenters. The molecule has 0 saturated carbocycles. The average molecular weight is 247 g/mol. The summed E-state index contributed by atoms with van der Waals surface area (Å²) < 4.78 is 26.0. The molecule has 1 amide bonds. The van der Waals surface area contributed by atoms with Gasteiger partial charge in [0, 0.05) is 11.3 Å². The first-order chi connectivity index (χ1) is 8.56. The Bertz CT molecular complexity index is 579. The summed E-state index contributed by atoms with van der Waals surface area (Å²) in [7, 11) is 0. The maximum Gasteiger partial charge on any atom is 0.255 e. The molecule has 0 aliphatic carbocycles. The van der Waals surface area contributed by atoms with Gasteiger partial charge in [-0.3, -0.25) is 4.79 Å². The molecule has 2 aromatic rings. The topological polar surface area (TPSA) is 29.1 Å². The van der Waals surface area contributed by atoms with Crippen molar-refractivity contribution in [3.63, 3.8) is 0 Å². The molecule has 2 rings (SSSR count). The lowest BCUT2D eigenvalue weighted by atomic mass is 10.2. The molecule has 0 spiro atoms. The molecule has 2 aromatic carbocycles. The Hall–Kier alpha value is -2.23. The maximum atomic E-state index is 13.3. The Morgan fingerprint density at radius 2 is 1.72 bits per heavy atom. The molecule has 0 aliphatic rings. The minimum atomic E-state index is -0.409. The largest absolute Gasteiger partial charge is 0.322 e. The predicted octanol–water partition coefficient (Wildman–Crippen LogP) is 3.53. The molecule has 18 heavy (non-hydrogen) atoms. The molecule has 0 heterocycles. The van der Waals surface area contributed by atoms with Gasteiger partial charge in [0.2, 0.25) is 0 Å². The van der Waals surface area contributed by atoms with Gasteiger partial charge in [-0.15, -0.1) is 0 Å². The summed E-state index contributed by atoms with van der Waals surface area (Å²) in [5.74, 6) is -1.20. The van der Waals surface area contributed by atoms with Crippen molar-refractivity contribution in [3.8, 4) is 0 Å². The number of hydrogen-bond acceptors (Lipinski definition) is 1. The first-order valence-electron chi connectivity index (χ1n) is 5.39. The zero-order chi connectivity index (χ0) is 13.1. The monoisotopic (exact) mass is 247 g/mol. The Labute approximate surface area is 103 Å². The van der Waals surface area contributed by atoms with Crippen LogP contribution in [0.5, 0.6) is 0 Å². The second-order valence-corrected chi connectivity index (χ2v) is 3.92. The number of benzene rings is 2. The molecule has 1 N–H and O–H groups in total. The van der Waals surface area contributed by atoms with Gasteiger partial charge in [0.1, 0.15) is 11.6 Å². The molecule has 2 nitrogen and oxygen atoms in total. The van der Waals surface area contributed by atoms with Crippen molar-refractivity contribution in [2.24, 2.45) is 0 Å². The molecular weight excluding hydrogens is 236 g/mol. The molecular formula is C14H11F2NO. The second kappa shape index (κ2) is 4.96. The highest BCUT2D eigenvalue weighted by Gasteiger charge is 2.07. The summed E-state index contributed by atoms with van der Waals surface area (Å²) in [4.78, 5) is 11.8. The molecule has 0 fully saturated rings. The van der Waals surface area contributed by atoms with Crippen LogP contribution in [-0.2, 0) is 0 Å². The van der Waals surface area contributed by atoms with Crippen LogP contribution in [0.25, 0.3) is 0 Å². The van der Waals surface area contributed by atoms with E-state index in [1.807, 2.05) is 0 Å². The van der Waals surface area contributed by atoms with Crippen LogP contribution in [0.4, 0.5) is 14.5 Å². The fourth-order valence-corrected chi connectivity index (χ4v) is 1.48. The highest BCUT2D eigenvalue weighted by Crippen LogP contribution is 2.14. The number of rotatable bonds is 2. The van der Waals surface area contributed by atoms with Crippen molar-refractivity contribution in [1.82, 2.24) is 0 Å². The van der Waals surface area contributed by atoms with Crippen LogP contribution in [0.2, 0.25) is 0 Å². The number of aryl methyl sites for hydroxylation is 1. The van der Waals surface area contributed by atoms with Gasteiger partial charge in [0.05, 0.1) is 0 Å². The van der Waals surface area contributed by atoms with E-state index in [1.165, 1.54) is 30.3 Å². The van der Waals surface area contributed by atoms with E-state index in [0.717, 1.165) is 0 Å². The highest BCUT2D eigenvalue weighted by atomic mass is 19.1. The molecule has 0 radical (unpaired) electrons. The van der Waals surface area contributed by atoms with E-state index in [2.05, 4.69) is 5.32 Å². The van der Waals surface area contributed by atoms with Gasteiger partial charge in [-0.05, 0) is 48.9 Å². The summed E-state index contributed by atoms with van der Waals surface area (Å²) >= 11 is 0. The van der Waals surface area contributed by atoms with Crippen molar-refractivity contribution in [2.75, 3.05) is 5.32 Å². The van der Waals surface area contributed by atoms with Crippen molar-refractivity contribution >= 4 is 11.6 Å². The molecule has 0 unspecified atom stereocenters. The standard InChI is InChI=1S/C14H11F2NO/c1-9-2-7-12(8-13(9)16)17-14(18)10-3-5-11(15)6-4-10/h2-8H,1H3,(H,17,18). The minimum Gasteiger partial charge on any atom is -0.322 e. The number of carbonyl (C=O) groups excluding carboxylic acids is 1. The van der Waals surface area contributed by atoms with E-state index in [-0.39, 0.29) is 5.82 Å². The summed E-state index contributed by atoms with van der Waals surface area (Å²) in [6.45, 7) is 1.64. The Kier molecular flexibility index (Phi) is 3.37. The van der Waals surface area contributed by atoms with Crippen molar-refractivity contribution in [2.45, 2.75) is 6.92 Å². The van der Waals surface area contributed by atoms with Gasteiger partial charge < -0.3 is 5.32 Å². The zero-order valence-corrected chi connectivity index (χ0v) is 9.71. The number of amides is 1. The number of carbonyl (C=O) groups is 1. The van der Waals surface area contributed by atoms with E-state index in [4.69, 9.17) is 0 Å². The van der Waals surface area contributed by atoms with Crippen molar-refractivity contribution in [1.29, 1.82) is 0 Å². The van der Waals surface area contributed by atoms with Crippen molar-refractivity contribution in [3.05, 3.63) is 65.2 Å². The summed E-state index contributed by atoms with van der Waals surface area (Å²) in [6.07, 6.45) is 0. The van der Waals surface area contributed by atoms with Gasteiger partial charge in [0.25, 0.3) is 5.91 Å². The molecule has 0 saturated heterocycles. The smallest absolute Gasteiger partial charge is 0.255 e. The average Bonchev–Trinajstić information content (AvgIpc) is 2.34. The number of halogens is 2. The SMILES string of the molecule is Cc1ccc(NC(=O)c2ccc(F)cc2)cc1F. The molecule has 4 heteroatoms. The highest BCUT2D eigenvalue weighted by molar-refractivity contribution is 6.04. The lowest BCUT2D eigenvalue weighted by Crippen LogP contribution is -2.12. The van der Waals surface area contributed by atoms with E-state index in [9.17, 15) is 13.6 Å². The van der Waals surface area contributed by atoms with Crippen LogP contribution < -0.4 is 5.32 Å². The first-order valence-corrected chi connectivity index (χ1v) is 5.39.